The zero-order valence-corrected chi connectivity index (χ0v) is 15.7. The Labute approximate surface area is 159 Å². The average molecular weight is 367 g/mol. The van der Waals surface area contributed by atoms with Crippen molar-refractivity contribution in [2.75, 3.05) is 33.3 Å². The number of hydrogen-bond donors (Lipinski definition) is 1. The fourth-order valence-corrected chi connectivity index (χ4v) is 4.09. The lowest BCUT2D eigenvalue weighted by Crippen LogP contribution is -2.45. The lowest BCUT2D eigenvalue weighted by atomic mass is 9.91. The number of piperazine rings is 1. The molecular formula is C22H23ClN2O. The molecule has 0 radical (unpaired) electrons. The Morgan fingerprint density at radius 3 is 2.54 bits per heavy atom. The van der Waals surface area contributed by atoms with Gasteiger partial charge in [-0.1, -0.05) is 54.1 Å². The normalized spacial score (nSPS) is 16.5. The molecule has 1 saturated heterocycles. The molecule has 1 unspecified atom stereocenters. The molecule has 4 heteroatoms. The lowest BCUT2D eigenvalue weighted by Gasteiger charge is -2.36. The minimum Gasteiger partial charge on any atom is -0.496 e. The highest BCUT2D eigenvalue weighted by Gasteiger charge is 2.28. The van der Waals surface area contributed by atoms with Crippen molar-refractivity contribution in [3.63, 3.8) is 0 Å². The summed E-state index contributed by atoms with van der Waals surface area (Å²) in [5.74, 6) is 0.880. The van der Waals surface area contributed by atoms with Crippen LogP contribution in [0.1, 0.15) is 17.2 Å². The van der Waals surface area contributed by atoms with Gasteiger partial charge in [0.05, 0.1) is 13.2 Å². The maximum Gasteiger partial charge on any atom is 0.124 e. The van der Waals surface area contributed by atoms with E-state index in [1.54, 1.807) is 7.11 Å². The summed E-state index contributed by atoms with van der Waals surface area (Å²) in [6.07, 6.45) is 0. The number of methoxy groups -OCH3 is 1. The van der Waals surface area contributed by atoms with E-state index in [9.17, 15) is 0 Å². The second kappa shape index (κ2) is 7.67. The average Bonchev–Trinajstić information content (AvgIpc) is 2.69. The molecule has 0 aliphatic carbocycles. The molecule has 3 nitrogen and oxygen atoms in total. The van der Waals surface area contributed by atoms with Crippen molar-refractivity contribution >= 4 is 22.4 Å². The van der Waals surface area contributed by atoms with Crippen LogP contribution in [0.15, 0.2) is 60.7 Å². The number of nitrogens with one attached hydrogen (secondary N) is 1. The predicted octanol–water partition coefficient (Wildman–Crippen LogP) is 4.50. The van der Waals surface area contributed by atoms with Crippen LogP contribution in [0.25, 0.3) is 10.8 Å². The number of hydrogen-bond acceptors (Lipinski definition) is 3. The highest BCUT2D eigenvalue weighted by atomic mass is 35.5. The molecule has 3 aromatic carbocycles. The Balaban J connectivity index is 1.93. The zero-order valence-electron chi connectivity index (χ0n) is 14.9. The van der Waals surface area contributed by atoms with Gasteiger partial charge in [0.2, 0.25) is 0 Å². The molecule has 1 N–H and O–H groups in total. The molecule has 0 saturated carbocycles. The van der Waals surface area contributed by atoms with Gasteiger partial charge in [-0.3, -0.25) is 4.90 Å². The largest absolute Gasteiger partial charge is 0.496 e. The third-order valence-electron chi connectivity index (χ3n) is 5.12. The first kappa shape index (κ1) is 17.3. The van der Waals surface area contributed by atoms with E-state index in [2.05, 4.69) is 58.7 Å². The van der Waals surface area contributed by atoms with Crippen LogP contribution in [-0.4, -0.2) is 38.2 Å². The first-order valence-electron chi connectivity index (χ1n) is 9.04. The molecule has 1 atom stereocenters. The van der Waals surface area contributed by atoms with Crippen LogP contribution < -0.4 is 10.1 Å². The number of rotatable bonds is 4. The van der Waals surface area contributed by atoms with E-state index in [4.69, 9.17) is 16.3 Å². The number of fused-ring (bicyclic) bond motifs is 1. The highest BCUT2D eigenvalue weighted by molar-refractivity contribution is 6.30. The van der Waals surface area contributed by atoms with Crippen molar-refractivity contribution in [3.8, 4) is 5.75 Å². The third kappa shape index (κ3) is 3.30. The Bertz CT molecular complexity index is 900. The molecule has 1 fully saturated rings. The smallest absolute Gasteiger partial charge is 0.124 e. The van der Waals surface area contributed by atoms with Crippen molar-refractivity contribution in [2.24, 2.45) is 0 Å². The van der Waals surface area contributed by atoms with Crippen LogP contribution in [0.4, 0.5) is 0 Å². The maximum absolute atomic E-state index is 6.38. The Hall–Kier alpha value is -2.07. The lowest BCUT2D eigenvalue weighted by molar-refractivity contribution is 0.196. The molecule has 1 aliphatic heterocycles. The minimum atomic E-state index is 0.108. The van der Waals surface area contributed by atoms with E-state index in [1.165, 1.54) is 16.3 Å². The maximum atomic E-state index is 6.38. The predicted molar refractivity (Wildman–Crippen MR) is 108 cm³/mol. The zero-order chi connectivity index (χ0) is 17.9. The number of ether oxygens (including phenoxy) is 1. The molecule has 1 aliphatic rings. The fourth-order valence-electron chi connectivity index (χ4n) is 3.91. The van der Waals surface area contributed by atoms with Gasteiger partial charge in [-0.05, 0) is 34.5 Å². The van der Waals surface area contributed by atoms with Crippen molar-refractivity contribution in [1.29, 1.82) is 0 Å². The topological polar surface area (TPSA) is 24.5 Å². The van der Waals surface area contributed by atoms with Crippen LogP contribution >= 0.6 is 11.6 Å². The molecule has 0 spiro atoms. The molecule has 0 amide bonds. The first-order chi connectivity index (χ1) is 12.8. The van der Waals surface area contributed by atoms with Crippen molar-refractivity contribution < 1.29 is 4.74 Å². The molecule has 4 rings (SSSR count). The van der Waals surface area contributed by atoms with E-state index in [0.29, 0.717) is 0 Å². The number of nitrogens with zero attached hydrogens (tertiary/aromatic N) is 1. The summed E-state index contributed by atoms with van der Waals surface area (Å²) in [6.45, 7) is 3.96. The second-order valence-electron chi connectivity index (χ2n) is 6.64. The van der Waals surface area contributed by atoms with Gasteiger partial charge in [-0.25, -0.2) is 0 Å². The van der Waals surface area contributed by atoms with Crippen LogP contribution in [-0.2, 0) is 0 Å². The molecule has 26 heavy (non-hydrogen) atoms. The first-order valence-corrected chi connectivity index (χ1v) is 9.41. The minimum absolute atomic E-state index is 0.108. The van der Waals surface area contributed by atoms with Gasteiger partial charge >= 0.3 is 0 Å². The number of benzene rings is 3. The van der Waals surface area contributed by atoms with E-state index < -0.39 is 0 Å². The molecule has 134 valence electrons. The second-order valence-corrected chi connectivity index (χ2v) is 7.08. The van der Waals surface area contributed by atoms with Gasteiger partial charge in [0.25, 0.3) is 0 Å². The molecular weight excluding hydrogens is 344 g/mol. The summed E-state index contributed by atoms with van der Waals surface area (Å²) < 4.78 is 5.70. The SMILES string of the molecule is COc1ccc(Cl)cc1C(c1cccc2ccccc12)N1CCNCC1. The van der Waals surface area contributed by atoms with Crippen LogP contribution in [0.2, 0.25) is 5.02 Å². The molecule has 3 aromatic rings. The molecule has 0 bridgehead atoms. The van der Waals surface area contributed by atoms with Crippen molar-refractivity contribution in [1.82, 2.24) is 10.2 Å². The summed E-state index contributed by atoms with van der Waals surface area (Å²) in [7, 11) is 1.73. The molecule has 0 aromatic heterocycles. The van der Waals surface area contributed by atoms with Gasteiger partial charge in [0, 0.05) is 36.8 Å². The quantitative estimate of drug-likeness (QED) is 0.736. The molecule has 1 heterocycles. The summed E-state index contributed by atoms with van der Waals surface area (Å²) in [6, 6.07) is 21.1. The van der Waals surface area contributed by atoms with E-state index in [1.807, 2.05) is 12.1 Å². The van der Waals surface area contributed by atoms with Gasteiger partial charge < -0.3 is 10.1 Å². The monoisotopic (exact) mass is 366 g/mol. The highest BCUT2D eigenvalue weighted by Crippen LogP contribution is 2.39. The van der Waals surface area contributed by atoms with Gasteiger partial charge in [-0.2, -0.15) is 0 Å². The Morgan fingerprint density at radius 2 is 1.73 bits per heavy atom. The van der Waals surface area contributed by atoms with E-state index >= 15 is 0 Å². The summed E-state index contributed by atoms with van der Waals surface area (Å²) >= 11 is 6.38. The Morgan fingerprint density at radius 1 is 0.962 bits per heavy atom. The Kier molecular flexibility index (Phi) is 5.11. The van der Waals surface area contributed by atoms with E-state index in [0.717, 1.165) is 42.5 Å². The van der Waals surface area contributed by atoms with Crippen molar-refractivity contribution in [2.45, 2.75) is 6.04 Å². The van der Waals surface area contributed by atoms with Crippen LogP contribution in [0.5, 0.6) is 5.75 Å². The number of halogens is 1. The van der Waals surface area contributed by atoms with E-state index in [-0.39, 0.29) is 6.04 Å². The standard InChI is InChI=1S/C22H23ClN2O/c1-26-21-10-9-17(23)15-20(21)22(25-13-11-24-12-14-25)19-8-4-6-16-5-2-3-7-18(16)19/h2-10,15,22,24H,11-14H2,1H3. The van der Waals surface area contributed by atoms with Crippen molar-refractivity contribution in [3.05, 3.63) is 76.8 Å². The van der Waals surface area contributed by atoms with Gasteiger partial charge in [-0.15, -0.1) is 0 Å². The third-order valence-corrected chi connectivity index (χ3v) is 5.36. The summed E-state index contributed by atoms with van der Waals surface area (Å²) in [5, 5.41) is 6.72. The van der Waals surface area contributed by atoms with Gasteiger partial charge in [0.1, 0.15) is 5.75 Å². The fraction of sp³-hybridized carbons (Fsp3) is 0.273. The summed E-state index contributed by atoms with van der Waals surface area (Å²) in [5.41, 5.74) is 2.42. The van der Waals surface area contributed by atoms with Crippen LogP contribution in [0, 0.1) is 0 Å². The summed E-state index contributed by atoms with van der Waals surface area (Å²) in [4.78, 5) is 2.52. The van der Waals surface area contributed by atoms with Gasteiger partial charge in [0.15, 0.2) is 0 Å². The van der Waals surface area contributed by atoms with Crippen LogP contribution in [0.3, 0.4) is 0 Å².